The molecule has 0 saturated carbocycles. The molecule has 1 aromatic heterocycles. The molecule has 2 aromatic carbocycles. The van der Waals surface area contributed by atoms with Crippen LogP contribution < -0.4 is 9.47 Å². The summed E-state index contributed by atoms with van der Waals surface area (Å²) < 4.78 is 26.0. The van der Waals surface area contributed by atoms with E-state index in [9.17, 15) is 14.4 Å². The summed E-state index contributed by atoms with van der Waals surface area (Å²) in [6.07, 6.45) is 2.31. The smallest absolute Gasteiger partial charge is 0.272 e. The average Bonchev–Trinajstić information content (AvgIpc) is 3.06. The van der Waals surface area contributed by atoms with E-state index in [1.807, 2.05) is 38.1 Å². The number of pyridine rings is 1. The van der Waals surface area contributed by atoms with Gasteiger partial charge in [-0.25, -0.2) is 4.39 Å². The van der Waals surface area contributed by atoms with Crippen LogP contribution in [-0.4, -0.2) is 77.8 Å². The fourth-order valence-electron chi connectivity index (χ4n) is 6.13. The maximum atomic E-state index is 15.2. The van der Waals surface area contributed by atoms with Gasteiger partial charge in [0.15, 0.2) is 11.6 Å². The first-order chi connectivity index (χ1) is 21.7. The van der Waals surface area contributed by atoms with Crippen LogP contribution in [0.1, 0.15) is 76.3 Å². The lowest BCUT2D eigenvalue weighted by Gasteiger charge is -2.34. The molecule has 2 saturated heterocycles. The van der Waals surface area contributed by atoms with Crippen LogP contribution in [0, 0.1) is 11.8 Å². The minimum absolute atomic E-state index is 0.0780. The zero-order valence-electron chi connectivity index (χ0n) is 26.3. The Balaban J connectivity index is 1.07. The molecule has 0 N–H and O–H groups in total. The Bertz CT molecular complexity index is 1450. The largest absolute Gasteiger partial charge is 0.497 e. The van der Waals surface area contributed by atoms with Crippen molar-refractivity contribution < 1.29 is 28.2 Å². The standard InChI is InChI=1S/C36H42FN3O5/c1-24(2)45-31-9-4-25(5-10-31)22-39-17-14-28(32(37)23-39)20-34(41)29-8-13-33(38-21-29)36(43)40-18-15-27(16-19-40)35(42)26-6-11-30(44-3)12-7-26/h4-13,21,24,27-28,32H,14-20,22-23H2,1-3H3/t28-,32+/m0/s1. The molecule has 0 unspecified atom stereocenters. The second kappa shape index (κ2) is 14.8. The number of hydrogen-bond donors (Lipinski definition) is 0. The molecule has 2 atom stereocenters. The summed E-state index contributed by atoms with van der Waals surface area (Å²) in [5.41, 5.74) is 2.38. The van der Waals surface area contributed by atoms with E-state index in [0.29, 0.717) is 55.8 Å². The molecule has 5 rings (SSSR count). The number of hydrogen-bond acceptors (Lipinski definition) is 7. The van der Waals surface area contributed by atoms with E-state index in [1.54, 1.807) is 48.4 Å². The number of ketones is 2. The lowest BCUT2D eigenvalue weighted by molar-refractivity contribution is 0.0644. The van der Waals surface area contributed by atoms with E-state index in [1.165, 1.54) is 6.20 Å². The van der Waals surface area contributed by atoms with Gasteiger partial charge >= 0.3 is 0 Å². The summed E-state index contributed by atoms with van der Waals surface area (Å²) in [6, 6.07) is 18.2. The molecule has 3 heterocycles. The van der Waals surface area contributed by atoms with E-state index in [2.05, 4.69) is 9.88 Å². The van der Waals surface area contributed by atoms with Crippen LogP contribution in [0.15, 0.2) is 66.9 Å². The number of rotatable bonds is 11. The normalized spacial score (nSPS) is 19.4. The van der Waals surface area contributed by atoms with Crippen molar-refractivity contribution in [2.75, 3.05) is 33.3 Å². The molecule has 1 amide bonds. The van der Waals surface area contributed by atoms with Crippen molar-refractivity contribution in [2.24, 2.45) is 11.8 Å². The highest BCUT2D eigenvalue weighted by Crippen LogP contribution is 2.28. The number of methoxy groups -OCH3 is 1. The molecule has 9 heteroatoms. The predicted molar refractivity (Wildman–Crippen MR) is 170 cm³/mol. The molecule has 238 valence electrons. The summed E-state index contributed by atoms with van der Waals surface area (Å²) in [7, 11) is 1.59. The van der Waals surface area contributed by atoms with Crippen molar-refractivity contribution in [3.8, 4) is 11.5 Å². The van der Waals surface area contributed by atoms with Gasteiger partial charge in [0.25, 0.3) is 5.91 Å². The minimum atomic E-state index is -1.10. The number of carbonyl (C=O) groups excluding carboxylic acids is 3. The van der Waals surface area contributed by atoms with Crippen LogP contribution in [0.4, 0.5) is 4.39 Å². The molecule has 0 spiro atoms. The van der Waals surface area contributed by atoms with Crippen LogP contribution in [0.25, 0.3) is 0 Å². The van der Waals surface area contributed by atoms with Crippen LogP contribution in [0.2, 0.25) is 0 Å². The predicted octanol–water partition coefficient (Wildman–Crippen LogP) is 6.05. The van der Waals surface area contributed by atoms with Gasteiger partial charge in [0.05, 0.1) is 13.2 Å². The number of halogens is 1. The SMILES string of the molecule is COc1ccc(C(=O)C2CCN(C(=O)c3ccc(C(=O)C[C@@H]4CCN(Cc5ccc(OC(C)C)cc5)C[C@H]4F)cn3)CC2)cc1. The number of likely N-dealkylation sites (tertiary alicyclic amines) is 2. The van der Waals surface area contributed by atoms with E-state index in [4.69, 9.17) is 9.47 Å². The van der Waals surface area contributed by atoms with Crippen molar-refractivity contribution in [3.05, 3.63) is 89.2 Å². The highest BCUT2D eigenvalue weighted by molar-refractivity contribution is 5.99. The Hall–Kier alpha value is -4.11. The number of amides is 1. The lowest BCUT2D eigenvalue weighted by Crippen LogP contribution is -2.42. The summed E-state index contributed by atoms with van der Waals surface area (Å²) in [5, 5.41) is 0. The third-order valence-corrected chi connectivity index (χ3v) is 8.74. The summed E-state index contributed by atoms with van der Waals surface area (Å²) in [4.78, 5) is 47.1. The van der Waals surface area contributed by atoms with E-state index in [-0.39, 0.29) is 54.1 Å². The number of carbonyl (C=O) groups is 3. The van der Waals surface area contributed by atoms with Crippen molar-refractivity contribution in [1.29, 1.82) is 0 Å². The van der Waals surface area contributed by atoms with Crippen molar-refractivity contribution in [2.45, 2.75) is 58.4 Å². The van der Waals surface area contributed by atoms with Crippen LogP contribution in [0.3, 0.4) is 0 Å². The molecule has 3 aromatic rings. The number of benzene rings is 2. The third kappa shape index (κ3) is 8.34. The molecular formula is C36H42FN3O5. The van der Waals surface area contributed by atoms with Gasteiger partial charge in [0.2, 0.25) is 0 Å². The Kier molecular flexibility index (Phi) is 10.6. The summed E-state index contributed by atoms with van der Waals surface area (Å²) in [5.74, 6) is 0.723. The van der Waals surface area contributed by atoms with Gasteiger partial charge in [-0.1, -0.05) is 12.1 Å². The number of ether oxygens (including phenoxy) is 2. The van der Waals surface area contributed by atoms with Gasteiger partial charge < -0.3 is 14.4 Å². The van der Waals surface area contributed by atoms with Crippen LogP contribution >= 0.6 is 0 Å². The molecule has 0 aliphatic carbocycles. The van der Waals surface area contributed by atoms with Crippen LogP contribution in [0.5, 0.6) is 11.5 Å². The highest BCUT2D eigenvalue weighted by atomic mass is 19.1. The first kappa shape index (κ1) is 32.3. The van der Waals surface area contributed by atoms with Crippen LogP contribution in [-0.2, 0) is 6.54 Å². The first-order valence-electron chi connectivity index (χ1n) is 15.8. The molecule has 2 aliphatic rings. The van der Waals surface area contributed by atoms with E-state index >= 15 is 4.39 Å². The van der Waals surface area contributed by atoms with Gasteiger partial charge in [0.1, 0.15) is 23.4 Å². The summed E-state index contributed by atoms with van der Waals surface area (Å²) >= 11 is 0. The van der Waals surface area contributed by atoms with Gasteiger partial charge in [-0.15, -0.1) is 0 Å². The fourth-order valence-corrected chi connectivity index (χ4v) is 6.13. The van der Waals surface area contributed by atoms with Crippen molar-refractivity contribution >= 4 is 17.5 Å². The first-order valence-corrected chi connectivity index (χ1v) is 15.8. The number of nitrogens with zero attached hydrogens (tertiary/aromatic N) is 3. The Morgan fingerprint density at radius 2 is 1.56 bits per heavy atom. The number of piperidine rings is 2. The molecule has 2 fully saturated rings. The van der Waals surface area contributed by atoms with Gasteiger partial charge in [-0.3, -0.25) is 24.3 Å². The highest BCUT2D eigenvalue weighted by Gasteiger charge is 2.32. The van der Waals surface area contributed by atoms with Crippen molar-refractivity contribution in [3.63, 3.8) is 0 Å². The Morgan fingerprint density at radius 1 is 0.889 bits per heavy atom. The topological polar surface area (TPSA) is 89.0 Å². The molecular weight excluding hydrogens is 573 g/mol. The Labute approximate surface area is 264 Å². The molecule has 2 aliphatic heterocycles. The number of alkyl halides is 1. The third-order valence-electron chi connectivity index (χ3n) is 8.74. The van der Waals surface area contributed by atoms with Gasteiger partial charge in [-0.05, 0) is 99.7 Å². The van der Waals surface area contributed by atoms with Gasteiger partial charge in [-0.2, -0.15) is 0 Å². The maximum absolute atomic E-state index is 15.2. The van der Waals surface area contributed by atoms with Gasteiger partial charge in [0, 0.05) is 55.8 Å². The molecule has 45 heavy (non-hydrogen) atoms. The maximum Gasteiger partial charge on any atom is 0.272 e. The molecule has 0 radical (unpaired) electrons. The van der Waals surface area contributed by atoms with Crippen molar-refractivity contribution in [1.82, 2.24) is 14.8 Å². The number of aromatic nitrogens is 1. The van der Waals surface area contributed by atoms with E-state index in [0.717, 1.165) is 17.9 Å². The molecule has 8 nitrogen and oxygen atoms in total. The lowest BCUT2D eigenvalue weighted by atomic mass is 9.88. The zero-order chi connectivity index (χ0) is 31.9. The molecule has 0 bridgehead atoms. The second-order valence-corrected chi connectivity index (χ2v) is 12.3. The minimum Gasteiger partial charge on any atom is -0.497 e. The fraction of sp³-hybridized carbons (Fsp3) is 0.444. The average molecular weight is 616 g/mol. The quantitative estimate of drug-likeness (QED) is 0.243. The summed E-state index contributed by atoms with van der Waals surface area (Å²) in [6.45, 7) is 6.55. The monoisotopic (exact) mass is 615 g/mol. The Morgan fingerprint density at radius 3 is 2.16 bits per heavy atom. The van der Waals surface area contributed by atoms with E-state index < -0.39 is 6.17 Å². The number of Topliss-reactive ketones (excluding diaryl/α,β-unsaturated/α-hetero) is 2. The second-order valence-electron chi connectivity index (χ2n) is 12.3. The zero-order valence-corrected chi connectivity index (χ0v) is 26.3.